The number of carbonyl (C=O) groups excluding carboxylic acids is 1. The fourth-order valence-electron chi connectivity index (χ4n) is 3.54. The average molecular weight is 382 g/mol. The summed E-state index contributed by atoms with van der Waals surface area (Å²) in [5.74, 6) is 0.699. The molecule has 0 spiro atoms. The summed E-state index contributed by atoms with van der Waals surface area (Å²) < 4.78 is 5.27. The maximum Gasteiger partial charge on any atom is 0.225 e. The lowest BCUT2D eigenvalue weighted by Crippen LogP contribution is -2.17. The van der Waals surface area contributed by atoms with E-state index in [0.717, 1.165) is 33.5 Å². The van der Waals surface area contributed by atoms with Gasteiger partial charge in [-0.15, -0.1) is 0 Å². The molecule has 3 aromatic carbocycles. The number of anilines is 1. The molecule has 0 fully saturated rings. The molecule has 0 saturated heterocycles. The average Bonchev–Trinajstić information content (AvgIpc) is 2.78. The van der Waals surface area contributed by atoms with Gasteiger partial charge in [-0.1, -0.05) is 60.7 Å². The van der Waals surface area contributed by atoms with Gasteiger partial charge in [-0.3, -0.25) is 9.78 Å². The number of pyridine rings is 1. The number of fused-ring (bicyclic) bond motifs is 1. The maximum absolute atomic E-state index is 13.0. The first-order chi connectivity index (χ1) is 14.2. The van der Waals surface area contributed by atoms with Gasteiger partial charge in [-0.25, -0.2) is 0 Å². The molecule has 1 unspecified atom stereocenters. The van der Waals surface area contributed by atoms with Crippen LogP contribution in [0.5, 0.6) is 5.75 Å². The topological polar surface area (TPSA) is 51.2 Å². The minimum Gasteiger partial charge on any atom is -0.497 e. The van der Waals surface area contributed by atoms with Crippen LogP contribution in [0.15, 0.2) is 91.1 Å². The molecule has 0 bridgehead atoms. The van der Waals surface area contributed by atoms with Crippen LogP contribution in [0.3, 0.4) is 0 Å². The number of para-hydroxylation sites is 1. The summed E-state index contributed by atoms with van der Waals surface area (Å²) in [5.41, 5.74) is 3.70. The molecule has 1 atom stereocenters. The number of hydrogen-bond acceptors (Lipinski definition) is 3. The number of nitrogens with one attached hydrogen (secondary N) is 1. The largest absolute Gasteiger partial charge is 0.497 e. The summed E-state index contributed by atoms with van der Waals surface area (Å²) >= 11 is 0. The smallest absolute Gasteiger partial charge is 0.225 e. The van der Waals surface area contributed by atoms with Gasteiger partial charge in [0.2, 0.25) is 5.91 Å². The lowest BCUT2D eigenvalue weighted by Gasteiger charge is -2.18. The van der Waals surface area contributed by atoms with E-state index in [1.54, 1.807) is 13.3 Å². The van der Waals surface area contributed by atoms with Crippen LogP contribution >= 0.6 is 0 Å². The fraction of sp³-hybridized carbons (Fsp3) is 0.120. The second-order valence-electron chi connectivity index (χ2n) is 6.87. The third-order valence-electron chi connectivity index (χ3n) is 5.02. The number of amides is 1. The van der Waals surface area contributed by atoms with Crippen molar-refractivity contribution in [2.24, 2.45) is 0 Å². The molecule has 1 N–H and O–H groups in total. The van der Waals surface area contributed by atoms with Crippen molar-refractivity contribution in [2.75, 3.05) is 12.4 Å². The minimum absolute atomic E-state index is 0.0483. The Morgan fingerprint density at radius 3 is 2.38 bits per heavy atom. The van der Waals surface area contributed by atoms with Crippen LogP contribution < -0.4 is 10.1 Å². The third-order valence-corrected chi connectivity index (χ3v) is 5.02. The predicted molar refractivity (Wildman–Crippen MR) is 116 cm³/mol. The zero-order valence-corrected chi connectivity index (χ0v) is 16.2. The molecule has 144 valence electrons. The van der Waals surface area contributed by atoms with Gasteiger partial charge in [-0.05, 0) is 35.4 Å². The van der Waals surface area contributed by atoms with Crippen LogP contribution in [0, 0.1) is 0 Å². The first kappa shape index (κ1) is 18.7. The van der Waals surface area contributed by atoms with E-state index >= 15 is 0 Å². The zero-order valence-electron chi connectivity index (χ0n) is 16.2. The number of methoxy groups -OCH3 is 1. The molecule has 0 aliphatic carbocycles. The normalized spacial score (nSPS) is 11.8. The van der Waals surface area contributed by atoms with Crippen molar-refractivity contribution < 1.29 is 9.53 Å². The number of aromatic nitrogens is 1. The molecule has 1 amide bonds. The lowest BCUT2D eigenvalue weighted by molar-refractivity contribution is -0.116. The Kier molecular flexibility index (Phi) is 5.52. The molecule has 4 rings (SSSR count). The molecule has 29 heavy (non-hydrogen) atoms. The van der Waals surface area contributed by atoms with Crippen LogP contribution in [0.25, 0.3) is 10.9 Å². The van der Waals surface area contributed by atoms with Gasteiger partial charge in [0.25, 0.3) is 0 Å². The number of nitrogens with zero attached hydrogens (tertiary/aromatic N) is 1. The van der Waals surface area contributed by atoms with Gasteiger partial charge in [0, 0.05) is 23.9 Å². The number of rotatable bonds is 6. The van der Waals surface area contributed by atoms with Crippen LogP contribution in [0.2, 0.25) is 0 Å². The highest BCUT2D eigenvalue weighted by atomic mass is 16.5. The van der Waals surface area contributed by atoms with Crippen LogP contribution in [-0.2, 0) is 4.79 Å². The zero-order chi connectivity index (χ0) is 20.1. The summed E-state index contributed by atoms with van der Waals surface area (Å²) in [6.07, 6.45) is 2.07. The highest BCUT2D eigenvalue weighted by molar-refractivity contribution is 6.00. The van der Waals surface area contributed by atoms with Crippen molar-refractivity contribution in [3.63, 3.8) is 0 Å². The third kappa shape index (κ3) is 4.27. The van der Waals surface area contributed by atoms with Crippen LogP contribution in [0.4, 0.5) is 5.69 Å². The number of benzene rings is 3. The summed E-state index contributed by atoms with van der Waals surface area (Å²) in [6.45, 7) is 0. The summed E-state index contributed by atoms with van der Waals surface area (Å²) in [4.78, 5) is 17.4. The summed E-state index contributed by atoms with van der Waals surface area (Å²) in [5, 5.41) is 4.05. The molecule has 4 nitrogen and oxygen atoms in total. The number of hydrogen-bond donors (Lipinski definition) is 1. The number of ether oxygens (including phenoxy) is 1. The van der Waals surface area contributed by atoms with Gasteiger partial charge in [-0.2, -0.15) is 0 Å². The van der Waals surface area contributed by atoms with Gasteiger partial charge in [0.05, 0.1) is 18.3 Å². The Balaban J connectivity index is 1.60. The van der Waals surface area contributed by atoms with E-state index < -0.39 is 0 Å². The first-order valence-corrected chi connectivity index (χ1v) is 9.57. The quantitative estimate of drug-likeness (QED) is 0.485. The van der Waals surface area contributed by atoms with Crippen molar-refractivity contribution in [1.82, 2.24) is 4.98 Å². The predicted octanol–water partition coefficient (Wildman–Crippen LogP) is 5.40. The second kappa shape index (κ2) is 8.57. The highest BCUT2D eigenvalue weighted by Gasteiger charge is 2.19. The second-order valence-corrected chi connectivity index (χ2v) is 6.87. The van der Waals surface area contributed by atoms with Crippen molar-refractivity contribution in [3.05, 3.63) is 102 Å². The maximum atomic E-state index is 13.0. The molecule has 1 heterocycles. The van der Waals surface area contributed by atoms with Crippen molar-refractivity contribution in [2.45, 2.75) is 12.3 Å². The van der Waals surface area contributed by atoms with Gasteiger partial charge >= 0.3 is 0 Å². The molecule has 0 radical (unpaired) electrons. The highest BCUT2D eigenvalue weighted by Crippen LogP contribution is 2.30. The van der Waals surface area contributed by atoms with E-state index in [1.165, 1.54) is 0 Å². The molecule has 1 aromatic heterocycles. The summed E-state index contributed by atoms with van der Waals surface area (Å²) in [6, 6.07) is 27.7. The Labute approximate surface area is 170 Å². The molecular weight excluding hydrogens is 360 g/mol. The first-order valence-electron chi connectivity index (χ1n) is 9.57. The van der Waals surface area contributed by atoms with E-state index in [0.29, 0.717) is 6.42 Å². The van der Waals surface area contributed by atoms with E-state index in [4.69, 9.17) is 4.74 Å². The van der Waals surface area contributed by atoms with Crippen molar-refractivity contribution in [1.29, 1.82) is 0 Å². The summed E-state index contributed by atoms with van der Waals surface area (Å²) in [7, 11) is 1.65. The van der Waals surface area contributed by atoms with Crippen molar-refractivity contribution >= 4 is 22.5 Å². The molecule has 0 aliphatic rings. The van der Waals surface area contributed by atoms with E-state index in [2.05, 4.69) is 22.4 Å². The Bertz CT molecular complexity index is 1100. The molecule has 4 heteroatoms. The van der Waals surface area contributed by atoms with Crippen LogP contribution in [0.1, 0.15) is 23.5 Å². The lowest BCUT2D eigenvalue weighted by atomic mass is 9.88. The van der Waals surface area contributed by atoms with E-state index in [9.17, 15) is 4.79 Å². The van der Waals surface area contributed by atoms with Gasteiger partial charge < -0.3 is 10.1 Å². The van der Waals surface area contributed by atoms with E-state index in [1.807, 2.05) is 72.8 Å². The molecule has 4 aromatic rings. The van der Waals surface area contributed by atoms with Crippen molar-refractivity contribution in [3.8, 4) is 5.75 Å². The number of carbonyl (C=O) groups is 1. The minimum atomic E-state index is -0.0509. The molecular formula is C25H22N2O2. The Morgan fingerprint density at radius 1 is 0.897 bits per heavy atom. The van der Waals surface area contributed by atoms with E-state index in [-0.39, 0.29) is 11.8 Å². The Hall–Kier alpha value is -3.66. The van der Waals surface area contributed by atoms with Gasteiger partial charge in [0.15, 0.2) is 0 Å². The SMILES string of the molecule is COc1ccc(C(CC(=O)Nc2cccc3cccnc23)c2ccccc2)cc1. The monoisotopic (exact) mass is 382 g/mol. The fourth-order valence-corrected chi connectivity index (χ4v) is 3.54. The Morgan fingerprint density at radius 2 is 1.62 bits per heavy atom. The van der Waals surface area contributed by atoms with Crippen LogP contribution in [-0.4, -0.2) is 18.0 Å². The standard InChI is InChI=1S/C25H22N2O2/c1-29-21-14-12-19(13-15-21)22(18-7-3-2-4-8-18)17-24(28)27-23-11-5-9-20-10-6-16-26-25(20)23/h2-16,22H,17H2,1H3,(H,27,28). The molecule has 0 aliphatic heterocycles. The van der Waals surface area contributed by atoms with Gasteiger partial charge in [0.1, 0.15) is 5.75 Å². The molecule has 0 saturated carbocycles.